The molecule has 0 radical (unpaired) electrons. The van der Waals surface area contributed by atoms with E-state index < -0.39 is 12.0 Å². The number of hydrogen-bond donors (Lipinski definition) is 2. The summed E-state index contributed by atoms with van der Waals surface area (Å²) >= 11 is 0. The smallest absolute Gasteiger partial charge is 0.326 e. The van der Waals surface area contributed by atoms with Gasteiger partial charge in [-0.05, 0) is 19.3 Å². The topological polar surface area (TPSA) is 88.1 Å². The van der Waals surface area contributed by atoms with E-state index >= 15 is 0 Å². The third kappa shape index (κ3) is 8.39. The number of carbonyl (C=O) groups is 2. The SMILES string of the molecule is COCCCC(NC(=O)N(C)CCCOC)C(=O)O. The Morgan fingerprint density at radius 3 is 2.32 bits per heavy atom. The lowest BCUT2D eigenvalue weighted by Crippen LogP contribution is -2.47. The van der Waals surface area contributed by atoms with Crippen molar-refractivity contribution < 1.29 is 24.2 Å². The molecule has 0 aromatic carbocycles. The van der Waals surface area contributed by atoms with Gasteiger partial charge in [-0.3, -0.25) is 0 Å². The van der Waals surface area contributed by atoms with Crippen molar-refractivity contribution in [1.29, 1.82) is 0 Å². The highest BCUT2D eigenvalue weighted by Crippen LogP contribution is 2.00. The van der Waals surface area contributed by atoms with Gasteiger partial charge in [-0.1, -0.05) is 0 Å². The van der Waals surface area contributed by atoms with Crippen LogP contribution in [0.25, 0.3) is 0 Å². The van der Waals surface area contributed by atoms with Crippen LogP contribution in [0.3, 0.4) is 0 Å². The summed E-state index contributed by atoms with van der Waals surface area (Å²) in [7, 11) is 4.77. The number of urea groups is 1. The number of carboxylic acid groups (broad SMARTS) is 1. The number of carboxylic acids is 1. The summed E-state index contributed by atoms with van der Waals surface area (Å²) in [6.07, 6.45) is 1.64. The molecule has 1 unspecified atom stereocenters. The minimum absolute atomic E-state index is 0.348. The van der Waals surface area contributed by atoms with Crippen molar-refractivity contribution in [2.24, 2.45) is 0 Å². The lowest BCUT2D eigenvalue weighted by molar-refractivity contribution is -0.139. The van der Waals surface area contributed by atoms with Crippen LogP contribution in [0.2, 0.25) is 0 Å². The zero-order valence-electron chi connectivity index (χ0n) is 11.8. The highest BCUT2D eigenvalue weighted by molar-refractivity contribution is 5.82. The van der Waals surface area contributed by atoms with Crippen molar-refractivity contribution in [3.63, 3.8) is 0 Å². The summed E-state index contributed by atoms with van der Waals surface area (Å²) in [5.74, 6) is -1.03. The van der Waals surface area contributed by atoms with Crippen LogP contribution in [0.5, 0.6) is 0 Å². The number of methoxy groups -OCH3 is 2. The molecule has 0 bridgehead atoms. The van der Waals surface area contributed by atoms with E-state index in [0.717, 1.165) is 0 Å². The van der Waals surface area contributed by atoms with Gasteiger partial charge in [0.25, 0.3) is 0 Å². The number of rotatable bonds is 10. The minimum Gasteiger partial charge on any atom is -0.480 e. The molecule has 0 saturated heterocycles. The van der Waals surface area contributed by atoms with E-state index in [9.17, 15) is 9.59 Å². The number of aliphatic carboxylic acids is 1. The molecule has 112 valence electrons. The van der Waals surface area contributed by atoms with Crippen LogP contribution in [0.1, 0.15) is 19.3 Å². The molecule has 1 atom stereocenters. The number of nitrogens with zero attached hydrogens (tertiary/aromatic N) is 1. The number of carbonyl (C=O) groups excluding carboxylic acids is 1. The van der Waals surface area contributed by atoms with Crippen molar-refractivity contribution in [1.82, 2.24) is 10.2 Å². The average molecular weight is 276 g/mol. The molecule has 0 rings (SSSR count). The molecule has 0 aliphatic heterocycles. The van der Waals surface area contributed by atoms with Crippen molar-refractivity contribution in [3.8, 4) is 0 Å². The molecule has 0 fully saturated rings. The van der Waals surface area contributed by atoms with Crippen molar-refractivity contribution >= 4 is 12.0 Å². The maximum Gasteiger partial charge on any atom is 0.326 e. The summed E-state index contributed by atoms with van der Waals surface area (Å²) in [6.45, 7) is 1.56. The molecular formula is C12H24N2O5. The van der Waals surface area contributed by atoms with Gasteiger partial charge < -0.3 is 24.8 Å². The maximum atomic E-state index is 11.8. The second kappa shape index (κ2) is 10.6. The summed E-state index contributed by atoms with van der Waals surface area (Å²) in [4.78, 5) is 24.2. The first kappa shape index (κ1) is 17.7. The molecule has 0 spiro atoms. The highest BCUT2D eigenvalue weighted by atomic mass is 16.5. The lowest BCUT2D eigenvalue weighted by Gasteiger charge is -2.21. The molecule has 0 aromatic rings. The Hall–Kier alpha value is -1.34. The fourth-order valence-corrected chi connectivity index (χ4v) is 1.50. The Morgan fingerprint density at radius 1 is 1.21 bits per heavy atom. The van der Waals surface area contributed by atoms with E-state index in [1.807, 2.05) is 0 Å². The molecule has 19 heavy (non-hydrogen) atoms. The van der Waals surface area contributed by atoms with Crippen LogP contribution in [0, 0.1) is 0 Å². The third-order valence-corrected chi connectivity index (χ3v) is 2.63. The Labute approximate surface area is 113 Å². The van der Waals surface area contributed by atoms with Gasteiger partial charge in [0, 0.05) is 41.0 Å². The van der Waals surface area contributed by atoms with Gasteiger partial charge in [0.1, 0.15) is 6.04 Å². The van der Waals surface area contributed by atoms with Gasteiger partial charge in [0.2, 0.25) is 0 Å². The molecule has 0 saturated carbocycles. The van der Waals surface area contributed by atoms with Gasteiger partial charge in [0.05, 0.1) is 0 Å². The minimum atomic E-state index is -1.03. The van der Waals surface area contributed by atoms with E-state index in [2.05, 4.69) is 5.32 Å². The molecule has 0 aliphatic rings. The summed E-state index contributed by atoms with van der Waals surface area (Å²) in [6, 6.07) is -1.27. The molecule has 7 heteroatoms. The zero-order chi connectivity index (χ0) is 14.7. The number of nitrogens with one attached hydrogen (secondary N) is 1. The monoisotopic (exact) mass is 276 g/mol. The predicted octanol–water partition coefficient (Wildman–Crippen LogP) is 0.544. The van der Waals surface area contributed by atoms with E-state index in [1.54, 1.807) is 21.3 Å². The third-order valence-electron chi connectivity index (χ3n) is 2.63. The number of hydrogen-bond acceptors (Lipinski definition) is 4. The van der Waals surface area contributed by atoms with Crippen LogP contribution in [0.4, 0.5) is 4.79 Å². The van der Waals surface area contributed by atoms with Gasteiger partial charge in [0.15, 0.2) is 0 Å². The Morgan fingerprint density at radius 2 is 1.79 bits per heavy atom. The molecule has 7 nitrogen and oxygen atoms in total. The van der Waals surface area contributed by atoms with Crippen LogP contribution in [0.15, 0.2) is 0 Å². The lowest BCUT2D eigenvalue weighted by atomic mass is 10.1. The van der Waals surface area contributed by atoms with Crippen LogP contribution in [-0.4, -0.2) is 69.1 Å². The van der Waals surface area contributed by atoms with Crippen molar-refractivity contribution in [3.05, 3.63) is 0 Å². The predicted molar refractivity (Wildman–Crippen MR) is 70.2 cm³/mol. The van der Waals surface area contributed by atoms with E-state index in [4.69, 9.17) is 14.6 Å². The van der Waals surface area contributed by atoms with Crippen molar-refractivity contribution in [2.75, 3.05) is 41.0 Å². The first-order valence-electron chi connectivity index (χ1n) is 6.25. The largest absolute Gasteiger partial charge is 0.480 e. The molecular weight excluding hydrogens is 252 g/mol. The van der Waals surface area contributed by atoms with Crippen LogP contribution < -0.4 is 5.32 Å². The van der Waals surface area contributed by atoms with E-state index in [0.29, 0.717) is 39.0 Å². The van der Waals surface area contributed by atoms with Gasteiger partial charge in [-0.2, -0.15) is 0 Å². The van der Waals surface area contributed by atoms with Crippen LogP contribution >= 0.6 is 0 Å². The standard InChI is InChI=1S/C12H24N2O5/c1-14(7-5-9-19-3)12(17)13-10(11(15)16)6-4-8-18-2/h10H,4-9H2,1-3H3,(H,13,17)(H,15,16). The summed E-state index contributed by atoms with van der Waals surface area (Å²) in [5, 5.41) is 11.5. The first-order valence-corrected chi connectivity index (χ1v) is 6.25. The second-order valence-corrected chi connectivity index (χ2v) is 4.24. The summed E-state index contributed by atoms with van der Waals surface area (Å²) < 4.78 is 9.75. The fourth-order valence-electron chi connectivity index (χ4n) is 1.50. The normalized spacial score (nSPS) is 11.9. The fraction of sp³-hybridized carbons (Fsp3) is 0.833. The van der Waals surface area contributed by atoms with Gasteiger partial charge >= 0.3 is 12.0 Å². The molecule has 2 amide bonds. The average Bonchev–Trinajstić information content (AvgIpc) is 2.37. The molecule has 0 aliphatic carbocycles. The Bertz CT molecular complexity index is 273. The van der Waals surface area contributed by atoms with E-state index in [1.165, 1.54) is 4.90 Å². The Kier molecular flexibility index (Phi) is 9.82. The number of ether oxygens (including phenoxy) is 2. The quantitative estimate of drug-likeness (QED) is 0.569. The van der Waals surface area contributed by atoms with Gasteiger partial charge in [-0.25, -0.2) is 9.59 Å². The molecule has 0 aromatic heterocycles. The van der Waals surface area contributed by atoms with E-state index in [-0.39, 0.29) is 6.03 Å². The second-order valence-electron chi connectivity index (χ2n) is 4.24. The maximum absolute atomic E-state index is 11.8. The van der Waals surface area contributed by atoms with Crippen LogP contribution in [-0.2, 0) is 14.3 Å². The van der Waals surface area contributed by atoms with Crippen molar-refractivity contribution in [2.45, 2.75) is 25.3 Å². The number of amides is 2. The van der Waals surface area contributed by atoms with Gasteiger partial charge in [-0.15, -0.1) is 0 Å². The highest BCUT2D eigenvalue weighted by Gasteiger charge is 2.21. The first-order chi connectivity index (χ1) is 9.02. The molecule has 0 heterocycles. The Balaban J connectivity index is 4.11. The molecule has 2 N–H and O–H groups in total. The zero-order valence-corrected chi connectivity index (χ0v) is 11.8. The summed E-state index contributed by atoms with van der Waals surface area (Å²) in [5.41, 5.74) is 0.